The van der Waals surface area contributed by atoms with Crippen molar-refractivity contribution in [2.75, 3.05) is 0 Å². The Balaban J connectivity index is 2.31. The van der Waals surface area contributed by atoms with Gasteiger partial charge >= 0.3 is 0 Å². The lowest BCUT2D eigenvalue weighted by Crippen LogP contribution is -1.81. The molecular formula is C13H10N2O. The zero-order valence-electron chi connectivity index (χ0n) is 8.84. The van der Waals surface area contributed by atoms with Crippen LogP contribution in [0, 0.1) is 6.92 Å². The molecule has 0 saturated carbocycles. The SMILES string of the molecule is Cc1noc(-c2cccc3ccccc23)n1. The summed E-state index contributed by atoms with van der Waals surface area (Å²) in [5.74, 6) is 1.23. The fraction of sp³-hybridized carbons (Fsp3) is 0.0769. The van der Waals surface area contributed by atoms with E-state index >= 15 is 0 Å². The number of hydrogen-bond donors (Lipinski definition) is 0. The first kappa shape index (κ1) is 9.09. The van der Waals surface area contributed by atoms with Crippen molar-refractivity contribution in [2.24, 2.45) is 0 Å². The van der Waals surface area contributed by atoms with Crippen molar-refractivity contribution in [1.82, 2.24) is 10.1 Å². The van der Waals surface area contributed by atoms with Crippen molar-refractivity contribution in [2.45, 2.75) is 6.92 Å². The maximum Gasteiger partial charge on any atom is 0.258 e. The second kappa shape index (κ2) is 3.45. The molecule has 3 heteroatoms. The Morgan fingerprint density at radius 3 is 2.62 bits per heavy atom. The summed E-state index contributed by atoms with van der Waals surface area (Å²) < 4.78 is 5.20. The predicted octanol–water partition coefficient (Wildman–Crippen LogP) is 3.20. The third kappa shape index (κ3) is 1.37. The molecule has 0 atom stereocenters. The second-order valence-corrected chi connectivity index (χ2v) is 3.67. The van der Waals surface area contributed by atoms with Crippen LogP contribution >= 0.6 is 0 Å². The van der Waals surface area contributed by atoms with E-state index in [2.05, 4.69) is 28.3 Å². The molecule has 0 saturated heterocycles. The van der Waals surface area contributed by atoms with Crippen molar-refractivity contribution in [1.29, 1.82) is 0 Å². The monoisotopic (exact) mass is 210 g/mol. The molecule has 78 valence electrons. The molecule has 16 heavy (non-hydrogen) atoms. The van der Waals surface area contributed by atoms with Gasteiger partial charge in [0.1, 0.15) is 0 Å². The highest BCUT2D eigenvalue weighted by molar-refractivity contribution is 5.94. The summed E-state index contributed by atoms with van der Waals surface area (Å²) in [6.07, 6.45) is 0. The zero-order valence-corrected chi connectivity index (χ0v) is 8.84. The summed E-state index contributed by atoms with van der Waals surface area (Å²) in [7, 11) is 0. The minimum absolute atomic E-state index is 0.578. The van der Waals surface area contributed by atoms with Crippen molar-refractivity contribution in [3.05, 3.63) is 48.3 Å². The molecule has 0 radical (unpaired) electrons. The third-order valence-corrected chi connectivity index (χ3v) is 2.55. The molecule has 2 aromatic carbocycles. The number of hydrogen-bond acceptors (Lipinski definition) is 3. The molecule has 3 aromatic rings. The van der Waals surface area contributed by atoms with Crippen LogP contribution in [-0.4, -0.2) is 10.1 Å². The number of benzene rings is 2. The smallest absolute Gasteiger partial charge is 0.258 e. The van der Waals surface area contributed by atoms with Gasteiger partial charge in [0.15, 0.2) is 5.82 Å². The van der Waals surface area contributed by atoms with Crippen LogP contribution in [0.2, 0.25) is 0 Å². The fourth-order valence-corrected chi connectivity index (χ4v) is 1.82. The molecule has 0 bridgehead atoms. The van der Waals surface area contributed by atoms with Crippen LogP contribution in [-0.2, 0) is 0 Å². The highest BCUT2D eigenvalue weighted by Crippen LogP contribution is 2.26. The molecule has 0 aliphatic carbocycles. The molecular weight excluding hydrogens is 200 g/mol. The summed E-state index contributed by atoms with van der Waals surface area (Å²) in [5.41, 5.74) is 0.985. The topological polar surface area (TPSA) is 38.9 Å². The largest absolute Gasteiger partial charge is 0.334 e. The Morgan fingerprint density at radius 2 is 1.81 bits per heavy atom. The molecule has 0 aliphatic rings. The summed E-state index contributed by atoms with van der Waals surface area (Å²) in [4.78, 5) is 4.25. The molecule has 0 aliphatic heterocycles. The first-order chi connectivity index (χ1) is 7.84. The van der Waals surface area contributed by atoms with Gasteiger partial charge < -0.3 is 4.52 Å². The molecule has 0 N–H and O–H groups in total. The lowest BCUT2D eigenvalue weighted by atomic mass is 10.0. The summed E-state index contributed by atoms with van der Waals surface area (Å²) in [6.45, 7) is 1.82. The number of aryl methyl sites for hydroxylation is 1. The van der Waals surface area contributed by atoms with Crippen LogP contribution < -0.4 is 0 Å². The maximum absolute atomic E-state index is 5.20. The minimum atomic E-state index is 0.578. The first-order valence-electron chi connectivity index (χ1n) is 5.13. The van der Waals surface area contributed by atoms with E-state index in [1.807, 2.05) is 31.2 Å². The lowest BCUT2D eigenvalue weighted by molar-refractivity contribution is 0.426. The van der Waals surface area contributed by atoms with E-state index in [4.69, 9.17) is 4.52 Å². The van der Waals surface area contributed by atoms with Crippen LogP contribution in [0.5, 0.6) is 0 Å². The van der Waals surface area contributed by atoms with E-state index in [0.29, 0.717) is 11.7 Å². The molecule has 0 amide bonds. The second-order valence-electron chi connectivity index (χ2n) is 3.67. The van der Waals surface area contributed by atoms with Crippen LogP contribution in [0.3, 0.4) is 0 Å². The van der Waals surface area contributed by atoms with Gasteiger partial charge in [0.25, 0.3) is 5.89 Å². The molecule has 3 nitrogen and oxygen atoms in total. The van der Waals surface area contributed by atoms with Gasteiger partial charge in [0, 0.05) is 5.56 Å². The standard InChI is InChI=1S/C13H10N2O/c1-9-14-13(16-15-9)12-8-4-6-10-5-2-3-7-11(10)12/h2-8H,1H3. The Labute approximate surface area is 92.7 Å². The van der Waals surface area contributed by atoms with Crippen molar-refractivity contribution in [3.8, 4) is 11.5 Å². The van der Waals surface area contributed by atoms with Gasteiger partial charge in [-0.2, -0.15) is 4.98 Å². The number of rotatable bonds is 1. The van der Waals surface area contributed by atoms with Gasteiger partial charge in [0.05, 0.1) is 0 Å². The Hall–Kier alpha value is -2.16. The summed E-state index contributed by atoms with van der Waals surface area (Å²) in [5, 5.41) is 6.12. The lowest BCUT2D eigenvalue weighted by Gasteiger charge is -2.01. The van der Waals surface area contributed by atoms with E-state index in [9.17, 15) is 0 Å². The number of nitrogens with zero attached hydrogens (tertiary/aromatic N) is 2. The minimum Gasteiger partial charge on any atom is -0.334 e. The van der Waals surface area contributed by atoms with Gasteiger partial charge in [-0.1, -0.05) is 41.6 Å². The average Bonchev–Trinajstić information content (AvgIpc) is 2.75. The van der Waals surface area contributed by atoms with Gasteiger partial charge in [0.2, 0.25) is 0 Å². The molecule has 0 spiro atoms. The van der Waals surface area contributed by atoms with Crippen LogP contribution in [0.1, 0.15) is 5.82 Å². The van der Waals surface area contributed by atoms with Crippen molar-refractivity contribution >= 4 is 10.8 Å². The number of aromatic nitrogens is 2. The van der Waals surface area contributed by atoms with E-state index in [0.717, 1.165) is 10.9 Å². The van der Waals surface area contributed by atoms with Gasteiger partial charge in [-0.3, -0.25) is 0 Å². The van der Waals surface area contributed by atoms with Gasteiger partial charge in [-0.15, -0.1) is 0 Å². The quantitative estimate of drug-likeness (QED) is 0.619. The normalized spacial score (nSPS) is 10.8. The summed E-state index contributed by atoms with van der Waals surface area (Å²) in [6, 6.07) is 14.2. The predicted molar refractivity (Wildman–Crippen MR) is 62.0 cm³/mol. The Morgan fingerprint density at radius 1 is 1.00 bits per heavy atom. The molecule has 1 aromatic heterocycles. The van der Waals surface area contributed by atoms with Gasteiger partial charge in [-0.05, 0) is 23.8 Å². The van der Waals surface area contributed by atoms with Crippen molar-refractivity contribution < 1.29 is 4.52 Å². The first-order valence-corrected chi connectivity index (χ1v) is 5.13. The van der Waals surface area contributed by atoms with E-state index in [-0.39, 0.29) is 0 Å². The zero-order chi connectivity index (χ0) is 11.0. The molecule has 3 rings (SSSR count). The van der Waals surface area contributed by atoms with Crippen LogP contribution in [0.25, 0.3) is 22.2 Å². The molecule has 1 heterocycles. The van der Waals surface area contributed by atoms with Crippen LogP contribution in [0.15, 0.2) is 47.0 Å². The molecule has 0 fully saturated rings. The van der Waals surface area contributed by atoms with Crippen LogP contribution in [0.4, 0.5) is 0 Å². The van der Waals surface area contributed by atoms with E-state index < -0.39 is 0 Å². The Bertz CT molecular complexity index is 638. The third-order valence-electron chi connectivity index (χ3n) is 2.55. The Kier molecular flexibility index (Phi) is 1.96. The molecule has 0 unspecified atom stereocenters. The average molecular weight is 210 g/mol. The van der Waals surface area contributed by atoms with E-state index in [1.165, 1.54) is 5.39 Å². The maximum atomic E-state index is 5.20. The highest BCUT2D eigenvalue weighted by atomic mass is 16.5. The fourth-order valence-electron chi connectivity index (χ4n) is 1.82. The van der Waals surface area contributed by atoms with Gasteiger partial charge in [-0.25, -0.2) is 0 Å². The van der Waals surface area contributed by atoms with Crippen molar-refractivity contribution in [3.63, 3.8) is 0 Å². The van der Waals surface area contributed by atoms with E-state index in [1.54, 1.807) is 0 Å². The number of fused-ring (bicyclic) bond motifs is 1. The highest BCUT2D eigenvalue weighted by Gasteiger charge is 2.09. The summed E-state index contributed by atoms with van der Waals surface area (Å²) >= 11 is 0.